The molecule has 0 radical (unpaired) electrons. The fourth-order valence-corrected chi connectivity index (χ4v) is 5.17. The molecule has 1 aromatic heterocycles. The third-order valence-electron chi connectivity index (χ3n) is 2.33. The smallest absolute Gasteiger partial charge is 0.271 e. The Morgan fingerprint density at radius 3 is 2.24 bits per heavy atom. The highest BCUT2D eigenvalue weighted by Gasteiger charge is 2.22. The SMILES string of the molecule is NS(=O)(=O)c1ccccc1NS(=O)(=O)c1cc(Cl)c(Cl)s1. The Balaban J connectivity index is 2.47. The topological polar surface area (TPSA) is 106 Å². The van der Waals surface area contributed by atoms with Crippen LogP contribution in [0.5, 0.6) is 0 Å². The minimum atomic E-state index is -4.07. The number of rotatable bonds is 4. The second-order valence-corrected chi connectivity index (χ2v) is 9.33. The predicted octanol–water partition coefficient (Wildman–Crippen LogP) is 2.50. The summed E-state index contributed by atoms with van der Waals surface area (Å²) in [7, 11) is -8.08. The Hall–Kier alpha value is -0.840. The molecule has 21 heavy (non-hydrogen) atoms. The molecule has 3 N–H and O–H groups in total. The Bertz CT molecular complexity index is 871. The van der Waals surface area contributed by atoms with Crippen molar-refractivity contribution in [3.8, 4) is 0 Å². The van der Waals surface area contributed by atoms with Gasteiger partial charge >= 0.3 is 0 Å². The van der Waals surface area contributed by atoms with Gasteiger partial charge in [0.2, 0.25) is 10.0 Å². The van der Waals surface area contributed by atoms with Crippen LogP contribution in [0, 0.1) is 0 Å². The molecular weight excluding hydrogens is 379 g/mol. The van der Waals surface area contributed by atoms with E-state index in [0.717, 1.165) is 11.3 Å². The minimum Gasteiger partial charge on any atom is -0.278 e. The van der Waals surface area contributed by atoms with Gasteiger partial charge in [-0.15, -0.1) is 11.3 Å². The normalized spacial score (nSPS) is 12.3. The monoisotopic (exact) mass is 386 g/mol. The molecule has 2 aromatic rings. The Morgan fingerprint density at radius 1 is 1.10 bits per heavy atom. The lowest BCUT2D eigenvalue weighted by molar-refractivity contribution is 0.598. The first-order chi connectivity index (χ1) is 9.61. The molecular formula is C10H8Cl2N2O4S3. The average Bonchev–Trinajstić information content (AvgIpc) is 2.69. The highest BCUT2D eigenvalue weighted by molar-refractivity contribution is 7.95. The Morgan fingerprint density at radius 2 is 1.71 bits per heavy atom. The van der Waals surface area contributed by atoms with Crippen LogP contribution in [0.15, 0.2) is 39.4 Å². The van der Waals surface area contributed by atoms with Crippen LogP contribution in [0.2, 0.25) is 9.36 Å². The molecule has 0 aliphatic rings. The number of thiophene rings is 1. The molecule has 6 nitrogen and oxygen atoms in total. The first kappa shape index (κ1) is 16.5. The molecule has 0 fully saturated rings. The van der Waals surface area contributed by atoms with E-state index in [1.165, 1.54) is 30.3 Å². The minimum absolute atomic E-state index is 0.0989. The maximum atomic E-state index is 12.2. The van der Waals surface area contributed by atoms with Crippen LogP contribution in [0.1, 0.15) is 0 Å². The van der Waals surface area contributed by atoms with Crippen molar-refractivity contribution >= 4 is 60.3 Å². The fraction of sp³-hybridized carbons (Fsp3) is 0. The standard InChI is InChI=1S/C10H8Cl2N2O4S3/c11-6-5-9(19-10(6)12)21(17,18)14-7-3-1-2-4-8(7)20(13,15)16/h1-5,14H,(H2,13,15,16). The van der Waals surface area contributed by atoms with Gasteiger partial charge in [-0.1, -0.05) is 35.3 Å². The second-order valence-electron chi connectivity index (χ2n) is 3.83. The molecule has 11 heteroatoms. The second kappa shape index (κ2) is 5.75. The van der Waals surface area contributed by atoms with Gasteiger partial charge in [-0.05, 0) is 18.2 Å². The summed E-state index contributed by atoms with van der Waals surface area (Å²) < 4.78 is 49.4. The molecule has 1 heterocycles. The number of nitrogens with two attached hydrogens (primary N) is 1. The first-order valence-corrected chi connectivity index (χ1v) is 9.81. The van der Waals surface area contributed by atoms with Gasteiger partial charge in [0.1, 0.15) is 13.4 Å². The molecule has 0 aliphatic heterocycles. The number of anilines is 1. The van der Waals surface area contributed by atoms with Crippen molar-refractivity contribution in [1.82, 2.24) is 0 Å². The zero-order valence-electron chi connectivity index (χ0n) is 10.1. The van der Waals surface area contributed by atoms with Crippen molar-refractivity contribution in [2.45, 2.75) is 9.10 Å². The van der Waals surface area contributed by atoms with Crippen LogP contribution in [-0.2, 0) is 20.0 Å². The van der Waals surface area contributed by atoms with Gasteiger partial charge in [0.05, 0.1) is 10.7 Å². The van der Waals surface area contributed by atoms with Crippen LogP contribution < -0.4 is 9.86 Å². The molecule has 0 saturated heterocycles. The van der Waals surface area contributed by atoms with Crippen LogP contribution in [0.4, 0.5) is 5.69 Å². The van der Waals surface area contributed by atoms with E-state index in [1.807, 2.05) is 0 Å². The Labute approximate surface area is 135 Å². The summed E-state index contributed by atoms with van der Waals surface area (Å²) in [4.78, 5) is -0.331. The van der Waals surface area contributed by atoms with Crippen LogP contribution in [-0.4, -0.2) is 16.8 Å². The molecule has 0 spiro atoms. The molecule has 0 unspecified atom stereocenters. The van der Waals surface area contributed by atoms with E-state index < -0.39 is 20.0 Å². The number of sulfonamides is 2. The molecule has 0 aliphatic carbocycles. The van der Waals surface area contributed by atoms with Crippen molar-refractivity contribution < 1.29 is 16.8 Å². The van der Waals surface area contributed by atoms with E-state index in [4.69, 9.17) is 28.3 Å². The van der Waals surface area contributed by atoms with Gasteiger partial charge in [0.25, 0.3) is 10.0 Å². The number of hydrogen-bond acceptors (Lipinski definition) is 5. The fourth-order valence-electron chi connectivity index (χ4n) is 1.45. The highest BCUT2D eigenvalue weighted by Crippen LogP contribution is 2.35. The lowest BCUT2D eigenvalue weighted by atomic mass is 10.3. The molecule has 0 atom stereocenters. The average molecular weight is 387 g/mol. The van der Waals surface area contributed by atoms with E-state index in [-0.39, 0.29) is 24.2 Å². The van der Waals surface area contributed by atoms with Crippen molar-refractivity contribution in [1.29, 1.82) is 0 Å². The van der Waals surface area contributed by atoms with Crippen molar-refractivity contribution in [3.05, 3.63) is 39.7 Å². The van der Waals surface area contributed by atoms with Gasteiger partial charge in [-0.2, -0.15) is 0 Å². The Kier molecular flexibility index (Phi) is 4.52. The van der Waals surface area contributed by atoms with Gasteiger partial charge < -0.3 is 0 Å². The number of benzene rings is 1. The predicted molar refractivity (Wildman–Crippen MR) is 83.0 cm³/mol. The number of hydrogen-bond donors (Lipinski definition) is 2. The summed E-state index contributed by atoms with van der Waals surface area (Å²) in [6.45, 7) is 0. The number of halogens is 2. The summed E-state index contributed by atoms with van der Waals surface area (Å²) in [6, 6.07) is 6.56. The van der Waals surface area contributed by atoms with E-state index in [1.54, 1.807) is 0 Å². The van der Waals surface area contributed by atoms with E-state index in [9.17, 15) is 16.8 Å². The molecule has 0 saturated carbocycles. The van der Waals surface area contributed by atoms with E-state index in [2.05, 4.69) is 4.72 Å². The number of primary sulfonamides is 1. The van der Waals surface area contributed by atoms with E-state index in [0.29, 0.717) is 0 Å². The number of nitrogens with one attached hydrogen (secondary N) is 1. The lowest BCUT2D eigenvalue weighted by Gasteiger charge is -2.09. The largest absolute Gasteiger partial charge is 0.278 e. The molecule has 114 valence electrons. The van der Waals surface area contributed by atoms with Gasteiger partial charge in [-0.25, -0.2) is 22.0 Å². The number of para-hydroxylation sites is 1. The van der Waals surface area contributed by atoms with Crippen molar-refractivity contribution in [2.75, 3.05) is 4.72 Å². The third-order valence-corrected chi connectivity index (χ3v) is 7.00. The maximum absolute atomic E-state index is 12.2. The highest BCUT2D eigenvalue weighted by atomic mass is 35.5. The van der Waals surface area contributed by atoms with Crippen LogP contribution in [0.3, 0.4) is 0 Å². The quantitative estimate of drug-likeness (QED) is 0.841. The lowest BCUT2D eigenvalue weighted by Crippen LogP contribution is -2.18. The summed E-state index contributed by atoms with van der Waals surface area (Å²) in [5.74, 6) is 0. The summed E-state index contributed by atoms with van der Waals surface area (Å²) in [6.07, 6.45) is 0. The molecule has 0 amide bonds. The summed E-state index contributed by atoms with van der Waals surface area (Å²) in [5, 5.41) is 5.14. The van der Waals surface area contributed by atoms with Crippen molar-refractivity contribution in [3.63, 3.8) is 0 Å². The summed E-state index contributed by atoms with van der Waals surface area (Å²) in [5.41, 5.74) is -0.152. The molecule has 2 rings (SSSR count). The van der Waals surface area contributed by atoms with Gasteiger partial charge in [0, 0.05) is 0 Å². The third kappa shape index (κ3) is 3.68. The van der Waals surface area contributed by atoms with Crippen LogP contribution >= 0.6 is 34.5 Å². The maximum Gasteiger partial charge on any atom is 0.271 e. The van der Waals surface area contributed by atoms with Gasteiger partial charge in [0.15, 0.2) is 0 Å². The first-order valence-electron chi connectivity index (χ1n) is 5.21. The zero-order valence-corrected chi connectivity index (χ0v) is 14.0. The van der Waals surface area contributed by atoms with E-state index >= 15 is 0 Å². The molecule has 0 bridgehead atoms. The zero-order chi connectivity index (χ0) is 15.8. The van der Waals surface area contributed by atoms with Crippen LogP contribution in [0.25, 0.3) is 0 Å². The summed E-state index contributed by atoms with van der Waals surface area (Å²) >= 11 is 12.2. The van der Waals surface area contributed by atoms with Gasteiger partial charge in [-0.3, -0.25) is 4.72 Å². The molecule has 1 aromatic carbocycles. The van der Waals surface area contributed by atoms with Crippen molar-refractivity contribution in [2.24, 2.45) is 5.14 Å².